The summed E-state index contributed by atoms with van der Waals surface area (Å²) < 4.78 is 5.07. The molecule has 0 atom stereocenters. The van der Waals surface area contributed by atoms with Gasteiger partial charge in [0.1, 0.15) is 11.6 Å². The molecule has 0 N–H and O–H groups in total. The van der Waals surface area contributed by atoms with Crippen LogP contribution in [0.25, 0.3) is 0 Å². The minimum Gasteiger partial charge on any atom is -0.466 e. The van der Waals surface area contributed by atoms with Crippen molar-refractivity contribution in [3.63, 3.8) is 0 Å². The standard InChI is InChI=1S/C19H29N3O3/c1-3-25-19(24)15-9-11-22(12-10-15)14-16(13-20)18(23)21(2)17-7-5-4-6-8-17/h14-15,17H,3-12H2,1-2H3/b16-14-. The third-order valence-electron chi connectivity index (χ3n) is 5.25. The quantitative estimate of drug-likeness (QED) is 0.434. The molecule has 0 radical (unpaired) electrons. The van der Waals surface area contributed by atoms with E-state index < -0.39 is 0 Å². The maximum Gasteiger partial charge on any atom is 0.309 e. The van der Waals surface area contributed by atoms with Gasteiger partial charge in [-0.25, -0.2) is 0 Å². The van der Waals surface area contributed by atoms with E-state index in [4.69, 9.17) is 4.74 Å². The zero-order valence-corrected chi connectivity index (χ0v) is 15.4. The van der Waals surface area contributed by atoms with E-state index >= 15 is 0 Å². The number of ether oxygens (including phenoxy) is 1. The fourth-order valence-corrected chi connectivity index (χ4v) is 3.66. The second kappa shape index (κ2) is 9.45. The molecule has 1 amide bonds. The lowest BCUT2D eigenvalue weighted by Crippen LogP contribution is -2.40. The molecule has 0 aromatic heterocycles. The average molecular weight is 347 g/mol. The van der Waals surface area contributed by atoms with E-state index in [1.807, 2.05) is 11.8 Å². The number of amides is 1. The van der Waals surface area contributed by atoms with Crippen molar-refractivity contribution < 1.29 is 14.3 Å². The van der Waals surface area contributed by atoms with E-state index in [2.05, 4.69) is 6.07 Å². The number of carbonyl (C=O) groups is 2. The van der Waals surface area contributed by atoms with Gasteiger partial charge in [-0.2, -0.15) is 5.26 Å². The van der Waals surface area contributed by atoms with E-state index in [0.29, 0.717) is 32.5 Å². The summed E-state index contributed by atoms with van der Waals surface area (Å²) in [6, 6.07) is 2.30. The third kappa shape index (κ3) is 5.22. The van der Waals surface area contributed by atoms with Gasteiger partial charge in [0, 0.05) is 32.4 Å². The lowest BCUT2D eigenvalue weighted by atomic mass is 9.94. The van der Waals surface area contributed by atoms with Gasteiger partial charge in [-0.15, -0.1) is 0 Å². The van der Waals surface area contributed by atoms with Gasteiger partial charge in [0.25, 0.3) is 5.91 Å². The van der Waals surface area contributed by atoms with Crippen LogP contribution < -0.4 is 0 Å². The van der Waals surface area contributed by atoms with Crippen LogP contribution in [-0.2, 0) is 14.3 Å². The normalized spacial score (nSPS) is 20.0. The van der Waals surface area contributed by atoms with Gasteiger partial charge in [0.2, 0.25) is 0 Å². The van der Waals surface area contributed by atoms with Gasteiger partial charge in [-0.3, -0.25) is 9.59 Å². The number of esters is 1. The van der Waals surface area contributed by atoms with E-state index in [-0.39, 0.29) is 29.4 Å². The molecule has 2 rings (SSSR count). The summed E-state index contributed by atoms with van der Waals surface area (Å²) >= 11 is 0. The molecule has 0 unspecified atom stereocenters. The Hall–Kier alpha value is -2.03. The van der Waals surface area contributed by atoms with Crippen molar-refractivity contribution in [2.45, 2.75) is 57.9 Å². The second-order valence-electron chi connectivity index (χ2n) is 6.92. The molecule has 2 aliphatic rings. The minimum atomic E-state index is -0.193. The molecule has 1 saturated heterocycles. The molecule has 25 heavy (non-hydrogen) atoms. The van der Waals surface area contributed by atoms with Gasteiger partial charge in [-0.1, -0.05) is 19.3 Å². The van der Waals surface area contributed by atoms with Crippen LogP contribution in [0.15, 0.2) is 11.8 Å². The summed E-state index contributed by atoms with van der Waals surface area (Å²) in [6.07, 6.45) is 8.63. The van der Waals surface area contributed by atoms with Crippen molar-refractivity contribution in [2.75, 3.05) is 26.7 Å². The molecule has 1 aliphatic carbocycles. The van der Waals surface area contributed by atoms with Crippen LogP contribution in [0.3, 0.4) is 0 Å². The highest BCUT2D eigenvalue weighted by Crippen LogP contribution is 2.23. The highest BCUT2D eigenvalue weighted by atomic mass is 16.5. The molecule has 0 aromatic carbocycles. The Labute approximate surface area is 150 Å². The number of rotatable bonds is 5. The molecule has 0 bridgehead atoms. The third-order valence-corrected chi connectivity index (χ3v) is 5.25. The molecule has 0 aromatic rings. The summed E-state index contributed by atoms with van der Waals surface area (Å²) in [5.74, 6) is -0.405. The Bertz CT molecular complexity index is 539. The van der Waals surface area contributed by atoms with Crippen LogP contribution in [0, 0.1) is 17.2 Å². The molecular weight excluding hydrogens is 318 g/mol. The number of likely N-dealkylation sites (tertiary alicyclic amines) is 1. The smallest absolute Gasteiger partial charge is 0.309 e. The molecule has 1 aliphatic heterocycles. The fraction of sp³-hybridized carbons (Fsp3) is 0.737. The van der Waals surface area contributed by atoms with Gasteiger partial charge in [0.05, 0.1) is 12.5 Å². The summed E-state index contributed by atoms with van der Waals surface area (Å²) in [4.78, 5) is 28.1. The number of carbonyl (C=O) groups excluding carboxylic acids is 2. The molecule has 138 valence electrons. The predicted octanol–water partition coefficient (Wildman–Crippen LogP) is 2.46. The average Bonchev–Trinajstić information content (AvgIpc) is 2.66. The van der Waals surface area contributed by atoms with Crippen molar-refractivity contribution in [3.05, 3.63) is 11.8 Å². The lowest BCUT2D eigenvalue weighted by molar-refractivity contribution is -0.149. The molecule has 6 heteroatoms. The highest BCUT2D eigenvalue weighted by Gasteiger charge is 2.27. The summed E-state index contributed by atoms with van der Waals surface area (Å²) in [7, 11) is 1.80. The maximum atomic E-state index is 12.6. The van der Waals surface area contributed by atoms with Crippen LogP contribution in [-0.4, -0.2) is 54.5 Å². The van der Waals surface area contributed by atoms with Crippen molar-refractivity contribution in [3.8, 4) is 6.07 Å². The number of hydrogen-bond donors (Lipinski definition) is 0. The van der Waals surface area contributed by atoms with E-state index in [9.17, 15) is 14.9 Å². The lowest BCUT2D eigenvalue weighted by Gasteiger charge is -2.32. The summed E-state index contributed by atoms with van der Waals surface area (Å²) in [5, 5.41) is 9.42. The zero-order valence-electron chi connectivity index (χ0n) is 15.4. The van der Waals surface area contributed by atoms with Gasteiger partial charge < -0.3 is 14.5 Å². The Kier molecular flexibility index (Phi) is 7.30. The van der Waals surface area contributed by atoms with Crippen molar-refractivity contribution in [1.82, 2.24) is 9.80 Å². The van der Waals surface area contributed by atoms with Gasteiger partial charge >= 0.3 is 5.97 Å². The zero-order chi connectivity index (χ0) is 18.2. The van der Waals surface area contributed by atoms with Crippen LogP contribution in [0.4, 0.5) is 0 Å². The van der Waals surface area contributed by atoms with E-state index in [1.165, 1.54) is 6.42 Å². The van der Waals surface area contributed by atoms with E-state index in [0.717, 1.165) is 25.7 Å². The summed E-state index contributed by atoms with van der Waals surface area (Å²) in [5.41, 5.74) is 0.183. The molecule has 0 spiro atoms. The molecule has 1 heterocycles. The second-order valence-corrected chi connectivity index (χ2v) is 6.92. The maximum absolute atomic E-state index is 12.6. The molecular formula is C19H29N3O3. The monoisotopic (exact) mass is 347 g/mol. The fourth-order valence-electron chi connectivity index (χ4n) is 3.66. The predicted molar refractivity (Wildman–Crippen MR) is 94.3 cm³/mol. The Morgan fingerprint density at radius 3 is 2.40 bits per heavy atom. The molecule has 1 saturated carbocycles. The SMILES string of the molecule is CCOC(=O)C1CCN(/C=C(/C#N)C(=O)N(C)C2CCCCC2)CC1. The van der Waals surface area contributed by atoms with Crippen LogP contribution in [0.2, 0.25) is 0 Å². The van der Waals surface area contributed by atoms with Crippen LogP contribution in [0.1, 0.15) is 51.9 Å². The highest BCUT2D eigenvalue weighted by molar-refractivity contribution is 5.97. The van der Waals surface area contributed by atoms with Crippen molar-refractivity contribution >= 4 is 11.9 Å². The number of nitriles is 1. The van der Waals surface area contributed by atoms with Crippen molar-refractivity contribution in [2.24, 2.45) is 5.92 Å². The molecule has 6 nitrogen and oxygen atoms in total. The first-order valence-corrected chi connectivity index (χ1v) is 9.36. The van der Waals surface area contributed by atoms with Crippen molar-refractivity contribution in [1.29, 1.82) is 5.26 Å². The Morgan fingerprint density at radius 2 is 1.84 bits per heavy atom. The first-order valence-electron chi connectivity index (χ1n) is 9.36. The Balaban J connectivity index is 1.92. The summed E-state index contributed by atoms with van der Waals surface area (Å²) in [6.45, 7) is 3.53. The van der Waals surface area contributed by atoms with Crippen LogP contribution >= 0.6 is 0 Å². The first-order chi connectivity index (χ1) is 12.1. The number of likely N-dealkylation sites (N-methyl/N-ethyl adjacent to an activating group) is 1. The van der Waals surface area contributed by atoms with Gasteiger partial charge in [-0.05, 0) is 32.6 Å². The molecule has 2 fully saturated rings. The Morgan fingerprint density at radius 1 is 1.20 bits per heavy atom. The van der Waals surface area contributed by atoms with Crippen LogP contribution in [0.5, 0.6) is 0 Å². The largest absolute Gasteiger partial charge is 0.466 e. The number of piperidine rings is 1. The minimum absolute atomic E-state index is 0.0734. The van der Waals surface area contributed by atoms with Gasteiger partial charge in [0.15, 0.2) is 0 Å². The number of hydrogen-bond acceptors (Lipinski definition) is 5. The first kappa shape index (κ1) is 19.3. The topological polar surface area (TPSA) is 73.6 Å². The number of nitrogens with zero attached hydrogens (tertiary/aromatic N) is 3. The van der Waals surface area contributed by atoms with E-state index in [1.54, 1.807) is 18.1 Å².